The maximum atomic E-state index is 12.7. The molecular weight excluding hydrogens is 376 g/mol. The van der Waals surface area contributed by atoms with E-state index >= 15 is 0 Å². The number of nitrogens with zero attached hydrogens (tertiary/aromatic N) is 2. The molecule has 0 aromatic heterocycles. The topological polar surface area (TPSA) is 108 Å². The Kier molecular flexibility index (Phi) is 7.99. The maximum Gasteiger partial charge on any atom is 0.308 e. The molecule has 1 fully saturated rings. The first-order valence-electron chi connectivity index (χ1n) is 9.61. The van der Waals surface area contributed by atoms with Crippen molar-refractivity contribution >= 4 is 29.4 Å². The lowest BCUT2D eigenvalue weighted by atomic mass is 10.1. The van der Waals surface area contributed by atoms with Crippen LogP contribution in [0, 0.1) is 0 Å². The molecule has 1 aromatic rings. The molecule has 3 amide bonds. The Morgan fingerprint density at radius 1 is 1.31 bits per heavy atom. The molecule has 158 valence electrons. The Morgan fingerprint density at radius 2 is 2.07 bits per heavy atom. The molecule has 1 atom stereocenters. The fraction of sp³-hybridized carbons (Fsp3) is 0.500. The predicted octanol–water partition coefficient (Wildman–Crippen LogP) is 0.471. The lowest BCUT2D eigenvalue weighted by Gasteiger charge is -2.34. The van der Waals surface area contributed by atoms with Gasteiger partial charge in [0.15, 0.2) is 0 Å². The van der Waals surface area contributed by atoms with Gasteiger partial charge >= 0.3 is 5.97 Å². The van der Waals surface area contributed by atoms with E-state index in [2.05, 4.69) is 10.6 Å². The van der Waals surface area contributed by atoms with Gasteiger partial charge in [0.25, 0.3) is 5.91 Å². The van der Waals surface area contributed by atoms with E-state index in [4.69, 9.17) is 4.74 Å². The lowest BCUT2D eigenvalue weighted by Crippen LogP contribution is -2.58. The fourth-order valence-corrected chi connectivity index (χ4v) is 2.95. The number of benzene rings is 1. The van der Waals surface area contributed by atoms with Crippen LogP contribution in [0.5, 0.6) is 0 Å². The minimum atomic E-state index is -0.885. The van der Waals surface area contributed by atoms with Crippen LogP contribution in [0.25, 0.3) is 0 Å². The zero-order valence-electron chi connectivity index (χ0n) is 17.1. The molecule has 9 nitrogen and oxygen atoms in total. The van der Waals surface area contributed by atoms with Gasteiger partial charge < -0.3 is 25.2 Å². The molecule has 2 rings (SSSR count). The van der Waals surface area contributed by atoms with Crippen LogP contribution in [0.1, 0.15) is 30.1 Å². The number of ether oxygens (including phenoxy) is 1. The van der Waals surface area contributed by atoms with Gasteiger partial charge in [0.2, 0.25) is 11.8 Å². The summed E-state index contributed by atoms with van der Waals surface area (Å²) < 4.78 is 5.05. The SMILES string of the molecule is CCCOC(=O)CC1C(=O)NCCN1C(=O)CNc1cccc(C(=O)N(C)C)c1. The van der Waals surface area contributed by atoms with E-state index in [1.807, 2.05) is 6.92 Å². The highest BCUT2D eigenvalue weighted by Gasteiger charge is 2.34. The monoisotopic (exact) mass is 404 g/mol. The molecule has 0 radical (unpaired) electrons. The number of esters is 1. The molecule has 1 saturated heterocycles. The molecule has 0 aliphatic carbocycles. The van der Waals surface area contributed by atoms with Gasteiger partial charge in [-0.1, -0.05) is 13.0 Å². The molecule has 1 unspecified atom stereocenters. The Bertz CT molecular complexity index is 765. The standard InChI is InChI=1S/C20H28N4O5/c1-4-10-29-18(26)12-16-19(27)21-8-9-24(16)17(25)13-22-15-7-5-6-14(11-15)20(28)23(2)3/h5-7,11,16,22H,4,8-10,12-13H2,1-3H3,(H,21,27). The van der Waals surface area contributed by atoms with Crippen molar-refractivity contribution in [1.29, 1.82) is 0 Å². The van der Waals surface area contributed by atoms with Gasteiger partial charge in [-0.05, 0) is 24.6 Å². The second kappa shape index (κ2) is 10.4. The third kappa shape index (κ3) is 6.20. The van der Waals surface area contributed by atoms with Gasteiger partial charge in [-0.3, -0.25) is 19.2 Å². The maximum absolute atomic E-state index is 12.7. The van der Waals surface area contributed by atoms with E-state index in [0.29, 0.717) is 30.8 Å². The first-order chi connectivity index (χ1) is 13.8. The molecule has 1 aliphatic rings. The summed E-state index contributed by atoms with van der Waals surface area (Å²) in [6.45, 7) is 2.75. The second-order valence-corrected chi connectivity index (χ2v) is 6.95. The Balaban J connectivity index is 2.00. The summed E-state index contributed by atoms with van der Waals surface area (Å²) >= 11 is 0. The Labute approximate surface area is 170 Å². The van der Waals surface area contributed by atoms with Crippen LogP contribution in [0.3, 0.4) is 0 Å². The first-order valence-corrected chi connectivity index (χ1v) is 9.61. The summed E-state index contributed by atoms with van der Waals surface area (Å²) in [5.74, 6) is -1.32. The number of carbonyl (C=O) groups is 4. The van der Waals surface area contributed by atoms with Crippen molar-refractivity contribution in [2.75, 3.05) is 45.7 Å². The number of nitrogens with one attached hydrogen (secondary N) is 2. The number of hydrogen-bond acceptors (Lipinski definition) is 6. The zero-order valence-corrected chi connectivity index (χ0v) is 17.1. The van der Waals surface area contributed by atoms with Crippen LogP contribution < -0.4 is 10.6 Å². The summed E-state index contributed by atoms with van der Waals surface area (Å²) in [6.07, 6.45) is 0.509. The number of carbonyl (C=O) groups excluding carboxylic acids is 4. The average molecular weight is 404 g/mol. The van der Waals surface area contributed by atoms with Gasteiger partial charge in [-0.2, -0.15) is 0 Å². The van der Waals surface area contributed by atoms with Crippen molar-refractivity contribution in [3.05, 3.63) is 29.8 Å². The summed E-state index contributed by atoms with van der Waals surface area (Å²) in [4.78, 5) is 51.8. The quantitative estimate of drug-likeness (QED) is 0.610. The van der Waals surface area contributed by atoms with Crippen LogP contribution in [0.4, 0.5) is 5.69 Å². The molecule has 29 heavy (non-hydrogen) atoms. The molecular formula is C20H28N4O5. The fourth-order valence-electron chi connectivity index (χ4n) is 2.95. The number of hydrogen-bond donors (Lipinski definition) is 2. The van der Waals surface area contributed by atoms with Crippen molar-refractivity contribution in [2.24, 2.45) is 0 Å². The van der Waals surface area contributed by atoms with Crippen LogP contribution in [-0.4, -0.2) is 79.9 Å². The van der Waals surface area contributed by atoms with E-state index in [0.717, 1.165) is 0 Å². The number of rotatable bonds is 8. The van der Waals surface area contributed by atoms with Crippen LogP contribution in [0.2, 0.25) is 0 Å². The minimum Gasteiger partial charge on any atom is -0.466 e. The highest BCUT2D eigenvalue weighted by molar-refractivity contribution is 5.95. The van der Waals surface area contributed by atoms with Gasteiger partial charge in [0.05, 0.1) is 19.6 Å². The first kappa shape index (κ1) is 22.2. The summed E-state index contributed by atoms with van der Waals surface area (Å²) in [5.41, 5.74) is 1.12. The molecule has 9 heteroatoms. The van der Waals surface area contributed by atoms with Crippen molar-refractivity contribution < 1.29 is 23.9 Å². The third-order valence-electron chi connectivity index (χ3n) is 4.44. The highest BCUT2D eigenvalue weighted by Crippen LogP contribution is 2.14. The van der Waals surface area contributed by atoms with Gasteiger partial charge in [0.1, 0.15) is 6.04 Å². The van der Waals surface area contributed by atoms with Crippen molar-refractivity contribution in [2.45, 2.75) is 25.8 Å². The van der Waals surface area contributed by atoms with Crippen molar-refractivity contribution in [3.63, 3.8) is 0 Å². The summed E-state index contributed by atoms with van der Waals surface area (Å²) in [5, 5.41) is 5.67. The smallest absolute Gasteiger partial charge is 0.308 e. The average Bonchev–Trinajstić information content (AvgIpc) is 2.71. The molecule has 1 aliphatic heterocycles. The van der Waals surface area contributed by atoms with E-state index in [1.54, 1.807) is 38.4 Å². The van der Waals surface area contributed by atoms with Gasteiger partial charge in [-0.15, -0.1) is 0 Å². The van der Waals surface area contributed by atoms with Gasteiger partial charge in [-0.25, -0.2) is 0 Å². The Morgan fingerprint density at radius 3 is 2.76 bits per heavy atom. The molecule has 1 heterocycles. The van der Waals surface area contributed by atoms with E-state index in [-0.39, 0.29) is 37.3 Å². The molecule has 0 bridgehead atoms. The zero-order chi connectivity index (χ0) is 21.4. The highest BCUT2D eigenvalue weighted by atomic mass is 16.5. The Hall–Kier alpha value is -3.10. The van der Waals surface area contributed by atoms with Gasteiger partial charge in [0, 0.05) is 38.4 Å². The second-order valence-electron chi connectivity index (χ2n) is 6.95. The van der Waals surface area contributed by atoms with Crippen molar-refractivity contribution in [1.82, 2.24) is 15.1 Å². The van der Waals surface area contributed by atoms with Crippen molar-refractivity contribution in [3.8, 4) is 0 Å². The number of anilines is 1. The summed E-state index contributed by atoms with van der Waals surface area (Å²) in [7, 11) is 3.33. The third-order valence-corrected chi connectivity index (χ3v) is 4.44. The van der Waals surface area contributed by atoms with E-state index < -0.39 is 12.0 Å². The van der Waals surface area contributed by atoms with Crippen LogP contribution in [-0.2, 0) is 19.1 Å². The normalized spacial score (nSPS) is 16.0. The minimum absolute atomic E-state index is 0.0621. The summed E-state index contributed by atoms with van der Waals surface area (Å²) in [6, 6.07) is 5.96. The van der Waals surface area contributed by atoms with E-state index in [1.165, 1.54) is 9.80 Å². The molecule has 1 aromatic carbocycles. The lowest BCUT2D eigenvalue weighted by molar-refractivity contribution is -0.151. The van der Waals surface area contributed by atoms with Crippen LogP contribution in [0.15, 0.2) is 24.3 Å². The molecule has 2 N–H and O–H groups in total. The number of amides is 3. The number of piperazine rings is 1. The predicted molar refractivity (Wildman–Crippen MR) is 107 cm³/mol. The van der Waals surface area contributed by atoms with E-state index in [9.17, 15) is 19.2 Å². The molecule has 0 saturated carbocycles. The molecule has 0 spiro atoms. The largest absolute Gasteiger partial charge is 0.466 e. The van der Waals surface area contributed by atoms with Crippen LogP contribution >= 0.6 is 0 Å².